The lowest BCUT2D eigenvalue weighted by atomic mass is 9.79. The number of aliphatic carboxylic acids is 1. The Bertz CT molecular complexity index is 1070. The smallest absolute Gasteiger partial charge is 0.426 e. The van der Waals surface area contributed by atoms with E-state index >= 15 is 0 Å². The Balaban J connectivity index is 2.12. The number of carboxylic acids is 1. The summed E-state index contributed by atoms with van der Waals surface area (Å²) >= 11 is 5.26. The maximum absolute atomic E-state index is 14.3. The number of carbonyl (C=O) groups is 1. The number of alkyl halides is 6. The SMILES string of the molecule is CC1(C)[C@@H](C=C(Cl)C(F)(F)F)[C@]1(C(=O)O)[C@@H](c1cccc(Oc2ccccc2)n1)C(F)(F)F. The third kappa shape index (κ3) is 4.40. The lowest BCUT2D eigenvalue weighted by molar-refractivity contribution is -0.184. The van der Waals surface area contributed by atoms with Crippen LogP contribution in [0.25, 0.3) is 0 Å². The summed E-state index contributed by atoms with van der Waals surface area (Å²) in [4.78, 5) is 16.1. The number of ether oxygens (including phenoxy) is 1. The average molecular weight is 494 g/mol. The lowest BCUT2D eigenvalue weighted by Crippen LogP contribution is -2.39. The van der Waals surface area contributed by atoms with Crippen molar-refractivity contribution in [2.75, 3.05) is 0 Å². The van der Waals surface area contributed by atoms with E-state index in [0.717, 1.165) is 19.9 Å². The molecule has 33 heavy (non-hydrogen) atoms. The van der Waals surface area contributed by atoms with Crippen LogP contribution in [0.3, 0.4) is 0 Å². The number of carboxylic acid groups (broad SMARTS) is 1. The number of hydrogen-bond acceptors (Lipinski definition) is 3. The summed E-state index contributed by atoms with van der Waals surface area (Å²) < 4.78 is 87.3. The van der Waals surface area contributed by atoms with E-state index in [4.69, 9.17) is 16.3 Å². The van der Waals surface area contributed by atoms with E-state index in [9.17, 15) is 36.2 Å². The minimum Gasteiger partial charge on any atom is -0.481 e. The Labute approximate surface area is 189 Å². The zero-order chi connectivity index (χ0) is 24.8. The zero-order valence-corrected chi connectivity index (χ0v) is 18.0. The molecular weight excluding hydrogens is 476 g/mol. The van der Waals surface area contributed by atoms with Gasteiger partial charge in [0.25, 0.3) is 0 Å². The summed E-state index contributed by atoms with van der Waals surface area (Å²) in [7, 11) is 0. The van der Waals surface area contributed by atoms with Crippen LogP contribution in [0, 0.1) is 16.7 Å². The fourth-order valence-corrected chi connectivity index (χ4v) is 4.54. The summed E-state index contributed by atoms with van der Waals surface area (Å²) in [5.74, 6) is -6.24. The fraction of sp³-hybridized carbons (Fsp3) is 0.364. The van der Waals surface area contributed by atoms with Gasteiger partial charge in [-0.25, -0.2) is 4.98 Å². The Kier molecular flexibility index (Phi) is 6.21. The van der Waals surface area contributed by atoms with Crippen molar-refractivity contribution < 1.29 is 41.0 Å². The first-order valence-electron chi connectivity index (χ1n) is 9.58. The maximum Gasteiger partial charge on any atom is 0.426 e. The van der Waals surface area contributed by atoms with Crippen molar-refractivity contribution in [1.29, 1.82) is 0 Å². The molecule has 0 spiro atoms. The Hall–Kier alpha value is -2.75. The number of benzene rings is 1. The number of hydrogen-bond donors (Lipinski definition) is 1. The quantitative estimate of drug-likeness (QED) is 0.443. The second-order valence-electron chi connectivity index (χ2n) is 8.18. The molecule has 1 aliphatic rings. The molecule has 0 amide bonds. The molecule has 1 fully saturated rings. The molecule has 3 rings (SSSR count). The van der Waals surface area contributed by atoms with Crippen LogP contribution >= 0.6 is 11.6 Å². The van der Waals surface area contributed by atoms with Gasteiger partial charge in [-0.1, -0.05) is 55.8 Å². The Morgan fingerprint density at radius 1 is 1.09 bits per heavy atom. The monoisotopic (exact) mass is 493 g/mol. The molecule has 0 saturated heterocycles. The minimum absolute atomic E-state index is 0.229. The molecule has 0 bridgehead atoms. The van der Waals surface area contributed by atoms with E-state index in [1.165, 1.54) is 24.3 Å². The first-order valence-corrected chi connectivity index (χ1v) is 9.95. The highest BCUT2D eigenvalue weighted by Crippen LogP contribution is 2.77. The molecule has 1 saturated carbocycles. The molecule has 3 atom stereocenters. The second-order valence-corrected chi connectivity index (χ2v) is 8.58. The summed E-state index contributed by atoms with van der Waals surface area (Å²) in [6.45, 7) is 2.32. The van der Waals surface area contributed by atoms with E-state index in [2.05, 4.69) is 4.98 Å². The van der Waals surface area contributed by atoms with Gasteiger partial charge in [-0.2, -0.15) is 26.3 Å². The van der Waals surface area contributed by atoms with Crippen molar-refractivity contribution in [1.82, 2.24) is 4.98 Å². The molecular formula is C22H18ClF6NO3. The van der Waals surface area contributed by atoms with Crippen LogP contribution in [0.4, 0.5) is 26.3 Å². The van der Waals surface area contributed by atoms with Gasteiger partial charge in [0, 0.05) is 12.0 Å². The highest BCUT2D eigenvalue weighted by atomic mass is 35.5. The summed E-state index contributed by atoms with van der Waals surface area (Å²) in [5, 5.41) is 8.23. The molecule has 1 aromatic heterocycles. The number of pyridine rings is 1. The van der Waals surface area contributed by atoms with Crippen LogP contribution < -0.4 is 4.74 Å². The standard InChI is InChI=1S/C22H18ClF6NO3/c1-19(2)14(11-15(23)21(24,25)26)20(19,18(31)32)17(22(27,28)29)13-9-6-10-16(30-13)33-12-7-4-3-5-8-12/h3-11,14,17H,1-2H3,(H,31,32)/t14-,17-,20-/m1/s1. The van der Waals surface area contributed by atoms with Crippen LogP contribution in [-0.4, -0.2) is 28.4 Å². The molecule has 1 aromatic carbocycles. The minimum atomic E-state index is -5.15. The third-order valence-corrected chi connectivity index (χ3v) is 6.32. The summed E-state index contributed by atoms with van der Waals surface area (Å²) in [5.41, 5.74) is -5.08. The van der Waals surface area contributed by atoms with E-state index in [0.29, 0.717) is 6.08 Å². The van der Waals surface area contributed by atoms with Crippen molar-refractivity contribution in [3.05, 3.63) is 65.3 Å². The van der Waals surface area contributed by atoms with Gasteiger partial charge >= 0.3 is 18.3 Å². The maximum atomic E-state index is 14.3. The van der Waals surface area contributed by atoms with Crippen LogP contribution in [0.2, 0.25) is 0 Å². The topological polar surface area (TPSA) is 59.4 Å². The van der Waals surface area contributed by atoms with Crippen molar-refractivity contribution in [3.63, 3.8) is 0 Å². The molecule has 0 unspecified atom stereocenters. The molecule has 1 heterocycles. The van der Waals surface area contributed by atoms with Crippen molar-refractivity contribution in [2.45, 2.75) is 32.1 Å². The van der Waals surface area contributed by atoms with Gasteiger partial charge in [-0.15, -0.1) is 0 Å². The van der Waals surface area contributed by atoms with Crippen molar-refractivity contribution in [2.24, 2.45) is 16.7 Å². The first-order chi connectivity index (χ1) is 15.1. The number of aromatic nitrogens is 1. The van der Waals surface area contributed by atoms with Gasteiger partial charge in [0.15, 0.2) is 0 Å². The van der Waals surface area contributed by atoms with Gasteiger partial charge in [-0.3, -0.25) is 4.79 Å². The Morgan fingerprint density at radius 3 is 2.21 bits per heavy atom. The molecule has 1 N–H and O–H groups in total. The summed E-state index contributed by atoms with van der Waals surface area (Å²) in [6.07, 6.45) is -9.83. The van der Waals surface area contributed by atoms with Gasteiger partial charge in [0.05, 0.1) is 11.1 Å². The van der Waals surface area contributed by atoms with Gasteiger partial charge < -0.3 is 9.84 Å². The number of halogens is 7. The van der Waals surface area contributed by atoms with E-state index in [1.54, 1.807) is 18.2 Å². The van der Waals surface area contributed by atoms with E-state index in [-0.39, 0.29) is 11.6 Å². The number of para-hydroxylation sites is 1. The van der Waals surface area contributed by atoms with Gasteiger partial charge in [0.2, 0.25) is 5.88 Å². The first kappa shape index (κ1) is 24.9. The third-order valence-electron chi connectivity index (χ3n) is 5.98. The Morgan fingerprint density at radius 2 is 1.70 bits per heavy atom. The highest BCUT2D eigenvalue weighted by Gasteiger charge is 2.82. The van der Waals surface area contributed by atoms with Gasteiger partial charge in [0.1, 0.15) is 16.7 Å². The van der Waals surface area contributed by atoms with Crippen molar-refractivity contribution in [3.8, 4) is 11.6 Å². The highest BCUT2D eigenvalue weighted by molar-refractivity contribution is 6.30. The zero-order valence-electron chi connectivity index (χ0n) is 17.2. The molecule has 0 aliphatic heterocycles. The van der Waals surface area contributed by atoms with Crippen LogP contribution in [0.15, 0.2) is 59.6 Å². The van der Waals surface area contributed by atoms with E-state index in [1.807, 2.05) is 0 Å². The molecule has 1 aliphatic carbocycles. The van der Waals surface area contributed by atoms with Crippen LogP contribution in [0.1, 0.15) is 25.5 Å². The number of allylic oxidation sites excluding steroid dienone is 2. The normalized spacial score (nSPS) is 23.7. The molecule has 4 nitrogen and oxygen atoms in total. The fourth-order valence-electron chi connectivity index (χ4n) is 4.42. The largest absolute Gasteiger partial charge is 0.481 e. The summed E-state index contributed by atoms with van der Waals surface area (Å²) in [6, 6.07) is 11.5. The van der Waals surface area contributed by atoms with Crippen LogP contribution in [-0.2, 0) is 4.79 Å². The van der Waals surface area contributed by atoms with E-state index < -0.39 is 51.7 Å². The molecule has 0 radical (unpaired) electrons. The average Bonchev–Trinajstić information content (AvgIpc) is 3.16. The number of rotatable bonds is 6. The second kappa shape index (κ2) is 8.23. The predicted octanol–water partition coefficient (Wildman–Crippen LogP) is 6.93. The molecule has 11 heteroatoms. The molecule has 2 aromatic rings. The van der Waals surface area contributed by atoms with Crippen LogP contribution in [0.5, 0.6) is 11.6 Å². The lowest BCUT2D eigenvalue weighted by Gasteiger charge is -2.29. The molecule has 178 valence electrons. The number of nitrogens with zero attached hydrogens (tertiary/aromatic N) is 1. The van der Waals surface area contributed by atoms with Crippen molar-refractivity contribution >= 4 is 17.6 Å². The van der Waals surface area contributed by atoms with Gasteiger partial charge in [-0.05, 0) is 23.6 Å². The predicted molar refractivity (Wildman–Crippen MR) is 107 cm³/mol.